The van der Waals surface area contributed by atoms with Crippen molar-refractivity contribution < 1.29 is 27.1 Å². The number of methoxy groups -OCH3 is 1. The summed E-state index contributed by atoms with van der Waals surface area (Å²) in [5.74, 6) is 0.498. The molecule has 0 bridgehead atoms. The number of carbonyl (C=O) groups is 1. The summed E-state index contributed by atoms with van der Waals surface area (Å²) in [5.41, 5.74) is 2.54. The number of hydrogen-bond acceptors (Lipinski definition) is 5. The maximum absolute atomic E-state index is 13.5. The zero-order valence-electron chi connectivity index (χ0n) is 19.3. The average Bonchev–Trinajstić information content (AvgIpc) is 3.37. The molecule has 6 nitrogen and oxygen atoms in total. The lowest BCUT2D eigenvalue weighted by Crippen LogP contribution is -2.46. The molecule has 1 saturated heterocycles. The molecule has 0 aliphatic carbocycles. The molecule has 186 valence electrons. The number of furan rings is 1. The zero-order valence-corrected chi connectivity index (χ0v) is 19.3. The number of rotatable bonds is 8. The minimum Gasteiger partial charge on any atom is -0.497 e. The molecule has 3 aromatic rings. The van der Waals surface area contributed by atoms with Crippen molar-refractivity contribution in [3.8, 4) is 5.75 Å². The molecule has 0 saturated carbocycles. The maximum atomic E-state index is 13.5. The first-order valence-electron chi connectivity index (χ1n) is 11.5. The molecule has 1 aliphatic rings. The summed E-state index contributed by atoms with van der Waals surface area (Å²) >= 11 is 0. The summed E-state index contributed by atoms with van der Waals surface area (Å²) in [6.45, 7) is 1.26. The van der Waals surface area contributed by atoms with Gasteiger partial charge in [-0.05, 0) is 66.9 Å². The van der Waals surface area contributed by atoms with E-state index in [1.807, 2.05) is 48.5 Å². The van der Waals surface area contributed by atoms with Crippen molar-refractivity contribution in [2.45, 2.75) is 37.5 Å². The van der Waals surface area contributed by atoms with E-state index in [0.717, 1.165) is 17.0 Å². The minimum atomic E-state index is -4.43. The van der Waals surface area contributed by atoms with Gasteiger partial charge in [0.15, 0.2) is 6.04 Å². The van der Waals surface area contributed by atoms with Gasteiger partial charge in [0, 0.05) is 30.5 Å². The van der Waals surface area contributed by atoms with Crippen molar-refractivity contribution in [3.63, 3.8) is 0 Å². The minimum absolute atomic E-state index is 0.120. The third kappa shape index (κ3) is 6.57. The lowest BCUT2D eigenvalue weighted by atomic mass is 10.0. The fraction of sp³-hybridized carbons (Fsp3) is 0.346. The Bertz CT molecular complexity index is 1080. The Morgan fingerprint density at radius 2 is 1.77 bits per heavy atom. The van der Waals surface area contributed by atoms with Crippen LogP contribution < -0.4 is 20.3 Å². The summed E-state index contributed by atoms with van der Waals surface area (Å²) in [6.07, 6.45) is -1.77. The first-order chi connectivity index (χ1) is 16.8. The number of nitrogens with zero attached hydrogens (tertiary/aromatic N) is 1. The number of ether oxygens (including phenoxy) is 1. The van der Waals surface area contributed by atoms with Gasteiger partial charge < -0.3 is 19.4 Å². The summed E-state index contributed by atoms with van der Waals surface area (Å²) in [5, 5.41) is 5.62. The lowest BCUT2D eigenvalue weighted by Gasteiger charge is -2.36. The van der Waals surface area contributed by atoms with E-state index in [1.165, 1.54) is 18.4 Å². The number of piperidine rings is 1. The fourth-order valence-corrected chi connectivity index (χ4v) is 4.22. The number of nitrogens with one attached hydrogen (secondary N) is 2. The van der Waals surface area contributed by atoms with Crippen molar-refractivity contribution in [2.24, 2.45) is 0 Å². The summed E-state index contributed by atoms with van der Waals surface area (Å²) in [7, 11) is 1.59. The highest BCUT2D eigenvalue weighted by atomic mass is 19.4. The van der Waals surface area contributed by atoms with Crippen LogP contribution in [-0.4, -0.2) is 38.3 Å². The summed E-state index contributed by atoms with van der Waals surface area (Å²) in [4.78, 5) is 14.5. The smallest absolute Gasteiger partial charge is 0.411 e. The van der Waals surface area contributed by atoms with E-state index in [2.05, 4.69) is 15.5 Å². The highest BCUT2D eigenvalue weighted by Crippen LogP contribution is 2.34. The molecule has 1 atom stereocenters. The highest BCUT2D eigenvalue weighted by Gasteiger charge is 2.44. The van der Waals surface area contributed by atoms with E-state index >= 15 is 0 Å². The molecule has 1 aliphatic heterocycles. The van der Waals surface area contributed by atoms with Crippen molar-refractivity contribution in [3.05, 3.63) is 78.3 Å². The largest absolute Gasteiger partial charge is 0.497 e. The number of carbonyl (C=O) groups excluding carboxylic acids is 1. The first kappa shape index (κ1) is 24.7. The van der Waals surface area contributed by atoms with Crippen LogP contribution in [0.3, 0.4) is 0 Å². The van der Waals surface area contributed by atoms with Gasteiger partial charge >= 0.3 is 6.18 Å². The topological polar surface area (TPSA) is 66.7 Å². The Morgan fingerprint density at radius 3 is 2.34 bits per heavy atom. The number of hydrogen-bond donors (Lipinski definition) is 2. The Morgan fingerprint density at radius 1 is 1.09 bits per heavy atom. The van der Waals surface area contributed by atoms with Gasteiger partial charge in [0.1, 0.15) is 11.5 Å². The van der Waals surface area contributed by atoms with Crippen LogP contribution in [0.15, 0.2) is 71.3 Å². The molecule has 1 unspecified atom stereocenters. The normalized spacial score (nSPS) is 15.6. The second kappa shape index (κ2) is 10.9. The standard InChI is InChI=1S/C26H28F3N3O3/c1-34-22-10-4-18(5-11-22)17-24(33)30-19-6-8-21(9-7-19)32-14-12-20(13-15-32)31-25(26(27,28)29)23-3-2-16-35-23/h2-11,16,20,25,31H,12-15,17H2,1H3,(H,30,33). The van der Waals surface area contributed by atoms with Gasteiger partial charge in [-0.25, -0.2) is 0 Å². The summed E-state index contributed by atoms with van der Waals surface area (Å²) < 4.78 is 50.6. The molecule has 1 amide bonds. The maximum Gasteiger partial charge on any atom is 0.411 e. The quantitative estimate of drug-likeness (QED) is 0.450. The monoisotopic (exact) mass is 487 g/mol. The fourth-order valence-electron chi connectivity index (χ4n) is 4.22. The van der Waals surface area contributed by atoms with E-state index in [9.17, 15) is 18.0 Å². The zero-order chi connectivity index (χ0) is 24.8. The van der Waals surface area contributed by atoms with Crippen LogP contribution in [0, 0.1) is 0 Å². The SMILES string of the molecule is COc1ccc(CC(=O)Nc2ccc(N3CCC(NC(c4ccco4)C(F)(F)F)CC3)cc2)cc1. The van der Waals surface area contributed by atoms with Crippen LogP contribution >= 0.6 is 0 Å². The predicted octanol–water partition coefficient (Wildman–Crippen LogP) is 5.33. The van der Waals surface area contributed by atoms with E-state index in [1.54, 1.807) is 7.11 Å². The van der Waals surface area contributed by atoms with Crippen molar-refractivity contribution in [1.29, 1.82) is 0 Å². The Balaban J connectivity index is 1.27. The van der Waals surface area contributed by atoms with Gasteiger partial charge in [-0.15, -0.1) is 0 Å². The highest BCUT2D eigenvalue weighted by molar-refractivity contribution is 5.92. The van der Waals surface area contributed by atoms with E-state index in [4.69, 9.17) is 9.15 Å². The molecule has 2 aromatic carbocycles. The average molecular weight is 488 g/mol. The van der Waals surface area contributed by atoms with Crippen LogP contribution in [0.4, 0.5) is 24.5 Å². The number of alkyl halides is 3. The Hall–Kier alpha value is -3.46. The Kier molecular flexibility index (Phi) is 7.65. The molecule has 2 heterocycles. The van der Waals surface area contributed by atoms with Crippen molar-refractivity contribution >= 4 is 17.3 Å². The molecule has 2 N–H and O–H groups in total. The lowest BCUT2D eigenvalue weighted by molar-refractivity contribution is -0.163. The van der Waals surface area contributed by atoms with E-state index in [-0.39, 0.29) is 24.1 Å². The van der Waals surface area contributed by atoms with Gasteiger partial charge in [0.05, 0.1) is 19.8 Å². The number of anilines is 2. The number of amides is 1. The van der Waals surface area contributed by atoms with Gasteiger partial charge in [-0.1, -0.05) is 12.1 Å². The van der Waals surface area contributed by atoms with E-state index < -0.39 is 12.2 Å². The number of halogens is 3. The summed E-state index contributed by atoms with van der Waals surface area (Å²) in [6, 6.07) is 15.6. The van der Waals surface area contributed by atoms with Gasteiger partial charge in [-0.3, -0.25) is 10.1 Å². The molecule has 9 heteroatoms. The Labute approximate surface area is 202 Å². The van der Waals surface area contributed by atoms with Crippen LogP contribution in [0.25, 0.3) is 0 Å². The molecule has 0 radical (unpaired) electrons. The van der Waals surface area contributed by atoms with Crippen molar-refractivity contribution in [1.82, 2.24) is 5.32 Å². The van der Waals surface area contributed by atoms with Gasteiger partial charge in [-0.2, -0.15) is 13.2 Å². The van der Waals surface area contributed by atoms with Crippen molar-refractivity contribution in [2.75, 3.05) is 30.4 Å². The second-order valence-electron chi connectivity index (χ2n) is 8.54. The third-order valence-electron chi connectivity index (χ3n) is 6.09. The number of benzene rings is 2. The van der Waals surface area contributed by atoms with Crippen LogP contribution in [0.5, 0.6) is 5.75 Å². The van der Waals surface area contributed by atoms with Crippen LogP contribution in [0.1, 0.15) is 30.2 Å². The molecule has 35 heavy (non-hydrogen) atoms. The van der Waals surface area contributed by atoms with Gasteiger partial charge in [0.2, 0.25) is 5.91 Å². The molecular weight excluding hydrogens is 459 g/mol. The van der Waals surface area contributed by atoms with Gasteiger partial charge in [0.25, 0.3) is 0 Å². The van der Waals surface area contributed by atoms with E-state index in [0.29, 0.717) is 31.6 Å². The van der Waals surface area contributed by atoms with Crippen LogP contribution in [0.2, 0.25) is 0 Å². The molecule has 0 spiro atoms. The molecule has 1 fully saturated rings. The second-order valence-corrected chi connectivity index (χ2v) is 8.54. The first-order valence-corrected chi connectivity index (χ1v) is 11.5. The molecular formula is C26H28F3N3O3. The molecule has 4 rings (SSSR count). The molecule has 1 aromatic heterocycles. The van der Waals surface area contributed by atoms with Crippen LogP contribution in [-0.2, 0) is 11.2 Å². The predicted molar refractivity (Wildman–Crippen MR) is 128 cm³/mol. The third-order valence-corrected chi connectivity index (χ3v) is 6.09.